The quantitative estimate of drug-likeness (QED) is 0.467. The number of benzene rings is 2. The van der Waals surface area contributed by atoms with Gasteiger partial charge in [-0.1, -0.05) is 18.2 Å². The van der Waals surface area contributed by atoms with Crippen LogP contribution >= 0.6 is 0 Å². The molecule has 0 radical (unpaired) electrons. The van der Waals surface area contributed by atoms with Gasteiger partial charge in [0.2, 0.25) is 0 Å². The SMILES string of the molecule is Cc1ccc(NC(=O)COc2cccc(/C=N\NC(=O)c3cccnc3)c2)cc1C. The van der Waals surface area contributed by atoms with E-state index in [4.69, 9.17) is 4.74 Å². The van der Waals surface area contributed by atoms with Crippen LogP contribution in [0.25, 0.3) is 0 Å². The molecule has 0 fully saturated rings. The third-order valence-corrected chi connectivity index (χ3v) is 4.32. The first-order chi connectivity index (χ1) is 14.5. The van der Waals surface area contributed by atoms with Crippen molar-refractivity contribution >= 4 is 23.7 Å². The van der Waals surface area contributed by atoms with Gasteiger partial charge < -0.3 is 10.1 Å². The summed E-state index contributed by atoms with van der Waals surface area (Å²) < 4.78 is 5.56. The molecule has 0 spiro atoms. The van der Waals surface area contributed by atoms with Crippen molar-refractivity contribution in [2.75, 3.05) is 11.9 Å². The number of pyridine rings is 1. The van der Waals surface area contributed by atoms with Crippen LogP contribution < -0.4 is 15.5 Å². The van der Waals surface area contributed by atoms with Crippen molar-refractivity contribution in [3.63, 3.8) is 0 Å². The van der Waals surface area contributed by atoms with Crippen molar-refractivity contribution in [1.82, 2.24) is 10.4 Å². The van der Waals surface area contributed by atoms with Crippen LogP contribution in [0, 0.1) is 13.8 Å². The van der Waals surface area contributed by atoms with Crippen molar-refractivity contribution in [1.29, 1.82) is 0 Å². The zero-order chi connectivity index (χ0) is 21.3. The van der Waals surface area contributed by atoms with Gasteiger partial charge in [0.05, 0.1) is 11.8 Å². The third-order valence-electron chi connectivity index (χ3n) is 4.32. The molecule has 0 saturated heterocycles. The number of aromatic nitrogens is 1. The van der Waals surface area contributed by atoms with Gasteiger partial charge in [-0.15, -0.1) is 0 Å². The van der Waals surface area contributed by atoms with Crippen LogP contribution in [0.5, 0.6) is 5.75 Å². The second kappa shape index (κ2) is 9.97. The summed E-state index contributed by atoms with van der Waals surface area (Å²) in [5.74, 6) is -0.0800. The van der Waals surface area contributed by atoms with E-state index in [2.05, 4.69) is 20.8 Å². The summed E-state index contributed by atoms with van der Waals surface area (Å²) in [6.07, 6.45) is 4.55. The van der Waals surface area contributed by atoms with Gasteiger partial charge in [0.1, 0.15) is 5.75 Å². The number of carbonyl (C=O) groups excluding carboxylic acids is 2. The monoisotopic (exact) mass is 402 g/mol. The van der Waals surface area contributed by atoms with E-state index < -0.39 is 0 Å². The normalized spacial score (nSPS) is 10.6. The first kappa shape index (κ1) is 20.7. The number of hydrazone groups is 1. The number of nitrogens with zero attached hydrogens (tertiary/aromatic N) is 2. The molecule has 0 atom stereocenters. The Morgan fingerprint density at radius 2 is 1.93 bits per heavy atom. The molecule has 0 aliphatic carbocycles. The summed E-state index contributed by atoms with van der Waals surface area (Å²) >= 11 is 0. The Morgan fingerprint density at radius 3 is 2.70 bits per heavy atom. The molecule has 0 saturated carbocycles. The van der Waals surface area contributed by atoms with E-state index in [0.717, 1.165) is 11.3 Å². The molecule has 0 bridgehead atoms. The van der Waals surface area contributed by atoms with Crippen LogP contribution in [-0.4, -0.2) is 29.6 Å². The number of anilines is 1. The van der Waals surface area contributed by atoms with Gasteiger partial charge in [-0.2, -0.15) is 5.10 Å². The van der Waals surface area contributed by atoms with Gasteiger partial charge in [0, 0.05) is 18.1 Å². The van der Waals surface area contributed by atoms with E-state index in [-0.39, 0.29) is 18.4 Å². The molecule has 2 aromatic carbocycles. The molecule has 0 aliphatic rings. The predicted molar refractivity (Wildman–Crippen MR) is 116 cm³/mol. The third kappa shape index (κ3) is 6.00. The van der Waals surface area contributed by atoms with Gasteiger partial charge >= 0.3 is 0 Å². The number of hydrogen-bond donors (Lipinski definition) is 2. The van der Waals surface area contributed by atoms with Gasteiger partial charge in [0.25, 0.3) is 11.8 Å². The van der Waals surface area contributed by atoms with Crippen LogP contribution in [0.1, 0.15) is 27.0 Å². The minimum Gasteiger partial charge on any atom is -0.484 e. The fraction of sp³-hybridized carbons (Fsp3) is 0.130. The Bertz CT molecular complexity index is 1070. The molecule has 1 heterocycles. The molecule has 3 aromatic rings. The van der Waals surface area contributed by atoms with Crippen LogP contribution in [0.4, 0.5) is 5.69 Å². The van der Waals surface area contributed by atoms with Crippen LogP contribution in [-0.2, 0) is 4.79 Å². The molecule has 0 unspecified atom stereocenters. The maximum atomic E-state index is 12.1. The summed E-state index contributed by atoms with van der Waals surface area (Å²) in [6, 6.07) is 16.1. The van der Waals surface area contributed by atoms with E-state index in [1.165, 1.54) is 18.0 Å². The highest BCUT2D eigenvalue weighted by molar-refractivity contribution is 5.94. The van der Waals surface area contributed by atoms with E-state index >= 15 is 0 Å². The summed E-state index contributed by atoms with van der Waals surface area (Å²) in [7, 11) is 0. The molecule has 152 valence electrons. The first-order valence-corrected chi connectivity index (χ1v) is 9.34. The van der Waals surface area contributed by atoms with E-state index in [1.54, 1.807) is 36.5 Å². The summed E-state index contributed by atoms with van der Waals surface area (Å²) in [6.45, 7) is 3.89. The lowest BCUT2D eigenvalue weighted by Crippen LogP contribution is -2.20. The Hall–Kier alpha value is -4.00. The topological polar surface area (TPSA) is 92.7 Å². The molecule has 1 aromatic heterocycles. The van der Waals surface area contributed by atoms with Gasteiger partial charge in [0.15, 0.2) is 6.61 Å². The fourth-order valence-corrected chi connectivity index (χ4v) is 2.58. The average Bonchev–Trinajstić information content (AvgIpc) is 2.76. The smallest absolute Gasteiger partial charge is 0.272 e. The molecule has 7 nitrogen and oxygen atoms in total. The lowest BCUT2D eigenvalue weighted by atomic mass is 10.1. The number of aryl methyl sites for hydroxylation is 2. The minimum atomic E-state index is -0.352. The number of carbonyl (C=O) groups is 2. The van der Waals surface area contributed by atoms with E-state index in [0.29, 0.717) is 16.9 Å². The molecule has 3 rings (SSSR count). The van der Waals surface area contributed by atoms with E-state index in [9.17, 15) is 9.59 Å². The molecule has 2 N–H and O–H groups in total. The number of ether oxygens (including phenoxy) is 1. The Kier molecular flexibility index (Phi) is 6.89. The highest BCUT2D eigenvalue weighted by Gasteiger charge is 2.06. The largest absolute Gasteiger partial charge is 0.484 e. The Morgan fingerprint density at radius 1 is 1.07 bits per heavy atom. The number of hydrogen-bond acceptors (Lipinski definition) is 5. The molecule has 2 amide bonds. The fourth-order valence-electron chi connectivity index (χ4n) is 2.58. The second-order valence-corrected chi connectivity index (χ2v) is 6.65. The lowest BCUT2D eigenvalue weighted by Gasteiger charge is -2.09. The van der Waals surface area contributed by atoms with Crippen LogP contribution in [0.3, 0.4) is 0 Å². The van der Waals surface area contributed by atoms with Crippen molar-refractivity contribution < 1.29 is 14.3 Å². The summed E-state index contributed by atoms with van der Waals surface area (Å²) in [5.41, 5.74) is 6.58. The van der Waals surface area contributed by atoms with Gasteiger partial charge in [-0.25, -0.2) is 5.43 Å². The van der Waals surface area contributed by atoms with Crippen molar-refractivity contribution in [2.24, 2.45) is 5.10 Å². The van der Waals surface area contributed by atoms with E-state index in [1.807, 2.05) is 38.1 Å². The number of amides is 2. The number of rotatable bonds is 7. The zero-order valence-corrected chi connectivity index (χ0v) is 16.8. The standard InChI is InChI=1S/C23H22N4O3/c1-16-8-9-20(11-17(16)2)26-22(28)15-30-21-7-3-5-18(12-21)13-25-27-23(29)19-6-4-10-24-14-19/h3-14H,15H2,1-2H3,(H,26,28)(H,27,29)/b25-13-. The Labute approximate surface area is 174 Å². The second-order valence-electron chi connectivity index (χ2n) is 6.65. The summed E-state index contributed by atoms with van der Waals surface area (Å²) in [5, 5.41) is 6.75. The van der Waals surface area contributed by atoms with Crippen LogP contribution in [0.15, 0.2) is 72.1 Å². The maximum Gasteiger partial charge on any atom is 0.272 e. The highest BCUT2D eigenvalue weighted by atomic mass is 16.5. The first-order valence-electron chi connectivity index (χ1n) is 9.34. The van der Waals surface area contributed by atoms with Crippen molar-refractivity contribution in [3.8, 4) is 5.75 Å². The predicted octanol–water partition coefficient (Wildman–Crippen LogP) is 3.48. The Balaban J connectivity index is 1.51. The average molecular weight is 402 g/mol. The minimum absolute atomic E-state index is 0.120. The molecule has 30 heavy (non-hydrogen) atoms. The zero-order valence-electron chi connectivity index (χ0n) is 16.8. The van der Waals surface area contributed by atoms with Crippen molar-refractivity contribution in [2.45, 2.75) is 13.8 Å². The maximum absolute atomic E-state index is 12.1. The van der Waals surface area contributed by atoms with Gasteiger partial charge in [-0.05, 0) is 66.9 Å². The number of nitrogens with one attached hydrogen (secondary N) is 2. The molecule has 7 heteroatoms. The van der Waals surface area contributed by atoms with Gasteiger partial charge in [-0.3, -0.25) is 14.6 Å². The van der Waals surface area contributed by atoms with Crippen molar-refractivity contribution in [3.05, 3.63) is 89.2 Å². The molecular formula is C23H22N4O3. The molecular weight excluding hydrogens is 380 g/mol. The molecule has 0 aliphatic heterocycles. The highest BCUT2D eigenvalue weighted by Crippen LogP contribution is 2.15. The van der Waals surface area contributed by atoms with Crippen LogP contribution in [0.2, 0.25) is 0 Å². The lowest BCUT2D eigenvalue weighted by molar-refractivity contribution is -0.118. The summed E-state index contributed by atoms with van der Waals surface area (Å²) in [4.78, 5) is 28.0.